The molecule has 0 radical (unpaired) electrons. The minimum atomic E-state index is -0.883. The summed E-state index contributed by atoms with van der Waals surface area (Å²) in [5, 5.41) is 18.0. The van der Waals surface area contributed by atoms with E-state index in [1.807, 2.05) is 48.9 Å². The molecule has 0 bridgehead atoms. The van der Waals surface area contributed by atoms with E-state index in [-0.39, 0.29) is 12.4 Å². The predicted molar refractivity (Wildman–Crippen MR) is 96.1 cm³/mol. The lowest BCUT2D eigenvalue weighted by molar-refractivity contribution is 0.169. The maximum Gasteiger partial charge on any atom is 0.129 e. The second-order valence-electron chi connectivity index (χ2n) is 6.06. The standard InChI is InChI=1S/C20H22FN3O/c1-14-18(15(2)24(23-14)16-8-4-3-5-9-16)12-22-13-20(25)17-10-6-7-11-19(17)21/h3-11,20,22,25H,12-13H2,1-2H3. The van der Waals surface area contributed by atoms with Crippen molar-refractivity contribution in [3.63, 3.8) is 0 Å². The van der Waals surface area contributed by atoms with Crippen LogP contribution in [-0.4, -0.2) is 21.4 Å². The molecule has 0 saturated heterocycles. The van der Waals surface area contributed by atoms with Crippen molar-refractivity contribution >= 4 is 0 Å². The average Bonchev–Trinajstić information content (AvgIpc) is 2.91. The zero-order chi connectivity index (χ0) is 17.8. The van der Waals surface area contributed by atoms with Crippen molar-refractivity contribution in [1.29, 1.82) is 0 Å². The van der Waals surface area contributed by atoms with Gasteiger partial charge >= 0.3 is 0 Å². The quantitative estimate of drug-likeness (QED) is 0.723. The van der Waals surface area contributed by atoms with E-state index in [2.05, 4.69) is 10.4 Å². The van der Waals surface area contributed by atoms with E-state index in [9.17, 15) is 9.50 Å². The highest BCUT2D eigenvalue weighted by Crippen LogP contribution is 2.19. The second kappa shape index (κ2) is 7.59. The molecule has 0 amide bonds. The molecule has 1 heterocycles. The third-order valence-corrected chi connectivity index (χ3v) is 4.35. The zero-order valence-electron chi connectivity index (χ0n) is 14.4. The molecule has 3 rings (SSSR count). The van der Waals surface area contributed by atoms with Gasteiger partial charge in [-0.15, -0.1) is 0 Å². The van der Waals surface area contributed by atoms with E-state index < -0.39 is 6.10 Å². The highest BCUT2D eigenvalue weighted by molar-refractivity contribution is 5.36. The first kappa shape index (κ1) is 17.3. The smallest absolute Gasteiger partial charge is 0.129 e. The molecule has 1 atom stereocenters. The van der Waals surface area contributed by atoms with E-state index in [0.29, 0.717) is 12.1 Å². The van der Waals surface area contributed by atoms with Crippen molar-refractivity contribution in [3.8, 4) is 5.69 Å². The molecule has 0 aliphatic heterocycles. The van der Waals surface area contributed by atoms with Gasteiger partial charge in [-0.05, 0) is 32.0 Å². The van der Waals surface area contributed by atoms with Crippen LogP contribution in [0.1, 0.15) is 28.6 Å². The summed E-state index contributed by atoms with van der Waals surface area (Å²) in [5.41, 5.74) is 4.40. The molecule has 0 aliphatic carbocycles. The number of nitrogens with zero attached hydrogens (tertiary/aromatic N) is 2. The zero-order valence-corrected chi connectivity index (χ0v) is 14.4. The first-order valence-electron chi connectivity index (χ1n) is 8.31. The van der Waals surface area contributed by atoms with Crippen LogP contribution in [0.25, 0.3) is 5.69 Å². The molecule has 3 aromatic rings. The Kier molecular flexibility index (Phi) is 5.26. The van der Waals surface area contributed by atoms with Gasteiger partial charge in [0.25, 0.3) is 0 Å². The number of rotatable bonds is 6. The monoisotopic (exact) mass is 339 g/mol. The molecular weight excluding hydrogens is 317 g/mol. The number of aromatic nitrogens is 2. The highest BCUT2D eigenvalue weighted by Gasteiger charge is 2.15. The van der Waals surface area contributed by atoms with Crippen LogP contribution in [0.3, 0.4) is 0 Å². The van der Waals surface area contributed by atoms with Crippen molar-refractivity contribution in [2.24, 2.45) is 0 Å². The molecule has 25 heavy (non-hydrogen) atoms. The van der Waals surface area contributed by atoms with E-state index in [0.717, 1.165) is 22.6 Å². The van der Waals surface area contributed by atoms with Gasteiger partial charge in [0.05, 0.1) is 17.5 Å². The molecule has 0 aliphatic rings. The third kappa shape index (κ3) is 3.78. The molecule has 2 N–H and O–H groups in total. The fourth-order valence-corrected chi connectivity index (χ4v) is 2.94. The highest BCUT2D eigenvalue weighted by atomic mass is 19.1. The number of nitrogens with one attached hydrogen (secondary N) is 1. The summed E-state index contributed by atoms with van der Waals surface area (Å²) >= 11 is 0. The summed E-state index contributed by atoms with van der Waals surface area (Å²) in [6.07, 6.45) is -0.883. The number of aliphatic hydroxyl groups is 1. The average molecular weight is 339 g/mol. The van der Waals surface area contributed by atoms with Crippen LogP contribution in [-0.2, 0) is 6.54 Å². The van der Waals surface area contributed by atoms with Gasteiger partial charge in [-0.25, -0.2) is 9.07 Å². The molecule has 1 unspecified atom stereocenters. The number of para-hydroxylation sites is 1. The van der Waals surface area contributed by atoms with E-state index in [4.69, 9.17) is 0 Å². The molecule has 0 fully saturated rings. The maximum atomic E-state index is 13.7. The second-order valence-corrected chi connectivity index (χ2v) is 6.06. The normalized spacial score (nSPS) is 12.3. The van der Waals surface area contributed by atoms with Crippen molar-refractivity contribution in [2.45, 2.75) is 26.5 Å². The third-order valence-electron chi connectivity index (χ3n) is 4.35. The largest absolute Gasteiger partial charge is 0.387 e. The Morgan fingerprint density at radius 3 is 2.48 bits per heavy atom. The summed E-state index contributed by atoms with van der Waals surface area (Å²) in [4.78, 5) is 0. The summed E-state index contributed by atoms with van der Waals surface area (Å²) < 4.78 is 15.6. The first-order chi connectivity index (χ1) is 12.1. The van der Waals surface area contributed by atoms with Crippen molar-refractivity contribution in [1.82, 2.24) is 15.1 Å². The minimum absolute atomic E-state index is 0.274. The molecular formula is C20H22FN3O. The summed E-state index contributed by atoms with van der Waals surface area (Å²) in [6.45, 7) is 4.83. The number of hydrogen-bond donors (Lipinski definition) is 2. The van der Waals surface area contributed by atoms with Crippen LogP contribution in [0.2, 0.25) is 0 Å². The van der Waals surface area contributed by atoms with Gasteiger partial charge in [0.2, 0.25) is 0 Å². The molecule has 130 valence electrons. The van der Waals surface area contributed by atoms with Gasteiger partial charge in [0.15, 0.2) is 0 Å². The topological polar surface area (TPSA) is 50.1 Å². The van der Waals surface area contributed by atoms with Gasteiger partial charge in [-0.1, -0.05) is 36.4 Å². The van der Waals surface area contributed by atoms with Crippen LogP contribution < -0.4 is 5.32 Å². The lowest BCUT2D eigenvalue weighted by atomic mass is 10.1. The lowest BCUT2D eigenvalue weighted by Gasteiger charge is -2.13. The summed E-state index contributed by atoms with van der Waals surface area (Å²) in [7, 11) is 0. The first-order valence-corrected chi connectivity index (χ1v) is 8.31. The van der Waals surface area contributed by atoms with Crippen LogP contribution >= 0.6 is 0 Å². The van der Waals surface area contributed by atoms with Gasteiger partial charge < -0.3 is 10.4 Å². The predicted octanol–water partition coefficient (Wildman–Crippen LogP) is 3.45. The summed E-state index contributed by atoms with van der Waals surface area (Å²) in [5.74, 6) is -0.388. The fraction of sp³-hybridized carbons (Fsp3) is 0.250. The van der Waals surface area contributed by atoms with E-state index in [1.54, 1.807) is 18.2 Å². The van der Waals surface area contributed by atoms with Gasteiger partial charge in [0, 0.05) is 29.9 Å². The number of aliphatic hydroxyl groups excluding tert-OH is 1. The SMILES string of the molecule is Cc1nn(-c2ccccc2)c(C)c1CNCC(O)c1ccccc1F. The number of halogens is 1. The lowest BCUT2D eigenvalue weighted by Crippen LogP contribution is -2.22. The molecule has 1 aromatic heterocycles. The number of hydrogen-bond acceptors (Lipinski definition) is 3. The van der Waals surface area contributed by atoms with E-state index in [1.165, 1.54) is 6.07 Å². The molecule has 4 nitrogen and oxygen atoms in total. The van der Waals surface area contributed by atoms with Gasteiger partial charge in [-0.3, -0.25) is 0 Å². The van der Waals surface area contributed by atoms with Crippen LogP contribution in [0.15, 0.2) is 54.6 Å². The fourth-order valence-electron chi connectivity index (χ4n) is 2.94. The van der Waals surface area contributed by atoms with Gasteiger partial charge in [0.1, 0.15) is 5.82 Å². The Hall–Kier alpha value is -2.50. The Balaban J connectivity index is 1.68. The Labute approximate surface area is 146 Å². The van der Waals surface area contributed by atoms with Crippen LogP contribution in [0.5, 0.6) is 0 Å². The van der Waals surface area contributed by atoms with Crippen molar-refractivity contribution in [3.05, 3.63) is 82.9 Å². The van der Waals surface area contributed by atoms with Gasteiger partial charge in [-0.2, -0.15) is 5.10 Å². The Morgan fingerprint density at radius 1 is 1.08 bits per heavy atom. The van der Waals surface area contributed by atoms with Crippen LogP contribution in [0.4, 0.5) is 4.39 Å². The molecule has 2 aromatic carbocycles. The van der Waals surface area contributed by atoms with E-state index >= 15 is 0 Å². The molecule has 0 saturated carbocycles. The summed E-state index contributed by atoms with van der Waals surface area (Å²) in [6, 6.07) is 16.3. The Morgan fingerprint density at radius 2 is 1.76 bits per heavy atom. The Bertz CT molecular complexity index is 845. The van der Waals surface area contributed by atoms with Crippen molar-refractivity contribution in [2.75, 3.05) is 6.54 Å². The number of benzene rings is 2. The molecule has 5 heteroatoms. The minimum Gasteiger partial charge on any atom is -0.387 e. The molecule has 0 spiro atoms. The van der Waals surface area contributed by atoms with Crippen LogP contribution in [0, 0.1) is 19.7 Å². The van der Waals surface area contributed by atoms with Crippen molar-refractivity contribution < 1.29 is 9.50 Å². The maximum absolute atomic E-state index is 13.7. The number of aryl methyl sites for hydroxylation is 1.